The molecule has 2 rings (SSSR count). The zero-order chi connectivity index (χ0) is 10.1. The van der Waals surface area contributed by atoms with Crippen molar-refractivity contribution in [2.45, 2.75) is 13.3 Å². The number of aryl methyl sites for hydroxylation is 1. The minimum atomic E-state index is 0.693. The molecule has 0 aliphatic rings. The largest absolute Gasteiger partial charge is 0.496 e. The van der Waals surface area contributed by atoms with Gasteiger partial charge in [0.25, 0.3) is 0 Å². The molecule has 3 heteroatoms. The van der Waals surface area contributed by atoms with Crippen LogP contribution in [0.25, 0.3) is 10.9 Å². The molecule has 0 aliphatic heterocycles. The fourth-order valence-corrected chi connectivity index (χ4v) is 1.80. The van der Waals surface area contributed by atoms with E-state index in [9.17, 15) is 0 Å². The lowest BCUT2D eigenvalue weighted by Crippen LogP contribution is -1.82. The van der Waals surface area contributed by atoms with Gasteiger partial charge in [-0.2, -0.15) is 0 Å². The monoisotopic (exact) mass is 209 g/mol. The van der Waals surface area contributed by atoms with Gasteiger partial charge in [0.1, 0.15) is 5.75 Å². The highest BCUT2D eigenvalue weighted by molar-refractivity contribution is 6.31. The second kappa shape index (κ2) is 3.54. The first-order valence-corrected chi connectivity index (χ1v) is 4.97. The lowest BCUT2D eigenvalue weighted by molar-refractivity contribution is 0.420. The molecule has 1 aromatic carbocycles. The van der Waals surface area contributed by atoms with E-state index in [0.29, 0.717) is 5.02 Å². The first-order chi connectivity index (χ1) is 6.74. The molecule has 14 heavy (non-hydrogen) atoms. The lowest BCUT2D eigenvalue weighted by Gasteiger charge is -2.01. The molecular weight excluding hydrogens is 198 g/mol. The number of ether oxygens (including phenoxy) is 1. The fourth-order valence-electron chi connectivity index (χ4n) is 1.59. The van der Waals surface area contributed by atoms with Crippen molar-refractivity contribution in [1.29, 1.82) is 0 Å². The summed E-state index contributed by atoms with van der Waals surface area (Å²) in [4.78, 5) is 3.30. The first kappa shape index (κ1) is 9.41. The van der Waals surface area contributed by atoms with Crippen molar-refractivity contribution in [3.63, 3.8) is 0 Å². The molecule has 2 aromatic rings. The Bertz CT molecular complexity index is 462. The van der Waals surface area contributed by atoms with Gasteiger partial charge in [-0.1, -0.05) is 18.5 Å². The van der Waals surface area contributed by atoms with E-state index >= 15 is 0 Å². The third kappa shape index (κ3) is 1.46. The van der Waals surface area contributed by atoms with E-state index in [-0.39, 0.29) is 0 Å². The summed E-state index contributed by atoms with van der Waals surface area (Å²) in [6.45, 7) is 2.11. The molecule has 1 N–H and O–H groups in total. The van der Waals surface area contributed by atoms with E-state index in [1.165, 1.54) is 5.69 Å². The second-order valence-corrected chi connectivity index (χ2v) is 3.65. The Balaban J connectivity index is 2.71. The van der Waals surface area contributed by atoms with Crippen LogP contribution in [0.3, 0.4) is 0 Å². The SMILES string of the molecule is CCc1cc2c(OC)cc(Cl)cc2[nH]1. The molecule has 1 aromatic heterocycles. The number of fused-ring (bicyclic) bond motifs is 1. The Hall–Kier alpha value is -1.15. The van der Waals surface area contributed by atoms with Gasteiger partial charge in [0.05, 0.1) is 12.6 Å². The summed E-state index contributed by atoms with van der Waals surface area (Å²) in [5.41, 5.74) is 2.23. The number of nitrogens with one attached hydrogen (secondary N) is 1. The van der Waals surface area contributed by atoms with Crippen LogP contribution in [-0.2, 0) is 6.42 Å². The highest BCUT2D eigenvalue weighted by atomic mass is 35.5. The molecule has 0 atom stereocenters. The van der Waals surface area contributed by atoms with Crippen LogP contribution < -0.4 is 4.74 Å². The number of aromatic amines is 1. The van der Waals surface area contributed by atoms with E-state index < -0.39 is 0 Å². The van der Waals surface area contributed by atoms with Gasteiger partial charge in [-0.15, -0.1) is 0 Å². The number of aromatic nitrogens is 1. The summed E-state index contributed by atoms with van der Waals surface area (Å²) in [5, 5.41) is 1.78. The molecule has 2 nitrogen and oxygen atoms in total. The van der Waals surface area contributed by atoms with Crippen LogP contribution in [0.4, 0.5) is 0 Å². The zero-order valence-electron chi connectivity index (χ0n) is 8.23. The van der Waals surface area contributed by atoms with Gasteiger partial charge in [0.15, 0.2) is 0 Å². The molecule has 1 heterocycles. The van der Waals surface area contributed by atoms with Crippen LogP contribution in [0.15, 0.2) is 18.2 Å². The smallest absolute Gasteiger partial charge is 0.129 e. The molecule has 0 spiro atoms. The Morgan fingerprint density at radius 1 is 1.36 bits per heavy atom. The van der Waals surface area contributed by atoms with E-state index in [4.69, 9.17) is 16.3 Å². The first-order valence-electron chi connectivity index (χ1n) is 4.59. The molecule has 0 radical (unpaired) electrons. The standard InChI is InChI=1S/C11H12ClNO/c1-3-8-6-9-10(13-8)4-7(12)5-11(9)14-2/h4-6,13H,3H2,1-2H3. The number of methoxy groups -OCH3 is 1. The Morgan fingerprint density at radius 3 is 2.79 bits per heavy atom. The maximum atomic E-state index is 5.96. The summed E-state index contributed by atoms with van der Waals surface area (Å²) in [7, 11) is 1.66. The van der Waals surface area contributed by atoms with Crippen LogP contribution in [-0.4, -0.2) is 12.1 Å². The topological polar surface area (TPSA) is 25.0 Å². The van der Waals surface area contributed by atoms with Crippen molar-refractivity contribution >= 4 is 22.5 Å². The zero-order valence-corrected chi connectivity index (χ0v) is 8.98. The van der Waals surface area contributed by atoms with Crippen LogP contribution >= 0.6 is 11.6 Å². The molecule has 0 aliphatic carbocycles. The molecule has 0 saturated carbocycles. The molecule has 74 valence electrons. The maximum absolute atomic E-state index is 5.96. The van der Waals surface area contributed by atoms with Crippen molar-refractivity contribution in [3.05, 3.63) is 28.9 Å². The van der Waals surface area contributed by atoms with E-state index in [0.717, 1.165) is 23.1 Å². The summed E-state index contributed by atoms with van der Waals surface area (Å²) in [6, 6.07) is 5.85. The van der Waals surface area contributed by atoms with Crippen LogP contribution in [0.1, 0.15) is 12.6 Å². The normalized spacial score (nSPS) is 10.8. The lowest BCUT2D eigenvalue weighted by atomic mass is 10.2. The number of hydrogen-bond donors (Lipinski definition) is 1. The molecule has 0 amide bonds. The maximum Gasteiger partial charge on any atom is 0.129 e. The highest BCUT2D eigenvalue weighted by Crippen LogP contribution is 2.30. The second-order valence-electron chi connectivity index (χ2n) is 3.22. The van der Waals surface area contributed by atoms with Gasteiger partial charge in [0, 0.05) is 16.1 Å². The van der Waals surface area contributed by atoms with Crippen molar-refractivity contribution in [2.24, 2.45) is 0 Å². The number of benzene rings is 1. The third-order valence-electron chi connectivity index (χ3n) is 2.32. The summed E-state index contributed by atoms with van der Waals surface area (Å²) in [5.74, 6) is 0.823. The van der Waals surface area contributed by atoms with E-state index in [1.807, 2.05) is 12.1 Å². The number of halogens is 1. The van der Waals surface area contributed by atoms with Gasteiger partial charge in [0.2, 0.25) is 0 Å². The van der Waals surface area contributed by atoms with Gasteiger partial charge in [-0.3, -0.25) is 0 Å². The van der Waals surface area contributed by atoms with Gasteiger partial charge < -0.3 is 9.72 Å². The molecule has 0 fully saturated rings. The quantitative estimate of drug-likeness (QED) is 0.806. The number of hydrogen-bond acceptors (Lipinski definition) is 1. The predicted octanol–water partition coefficient (Wildman–Crippen LogP) is 3.39. The number of H-pyrrole nitrogens is 1. The molecule has 0 saturated heterocycles. The van der Waals surface area contributed by atoms with Crippen LogP contribution in [0.5, 0.6) is 5.75 Å². The van der Waals surface area contributed by atoms with Gasteiger partial charge in [-0.25, -0.2) is 0 Å². The molecule has 0 unspecified atom stereocenters. The molecule has 0 bridgehead atoms. The summed E-state index contributed by atoms with van der Waals surface area (Å²) in [6.07, 6.45) is 0.982. The predicted molar refractivity (Wildman–Crippen MR) is 59.2 cm³/mol. The Morgan fingerprint density at radius 2 is 2.14 bits per heavy atom. The number of rotatable bonds is 2. The van der Waals surface area contributed by atoms with Crippen LogP contribution in [0, 0.1) is 0 Å². The summed E-state index contributed by atoms with van der Waals surface area (Å²) >= 11 is 5.96. The highest BCUT2D eigenvalue weighted by Gasteiger charge is 2.06. The van der Waals surface area contributed by atoms with Crippen molar-refractivity contribution in [1.82, 2.24) is 4.98 Å². The van der Waals surface area contributed by atoms with Crippen LogP contribution in [0.2, 0.25) is 5.02 Å². The minimum Gasteiger partial charge on any atom is -0.496 e. The average Bonchev–Trinajstić information content (AvgIpc) is 2.59. The Labute approximate surface area is 87.8 Å². The van der Waals surface area contributed by atoms with Gasteiger partial charge in [-0.05, 0) is 24.6 Å². The van der Waals surface area contributed by atoms with Crippen molar-refractivity contribution < 1.29 is 4.74 Å². The van der Waals surface area contributed by atoms with E-state index in [2.05, 4.69) is 18.0 Å². The minimum absolute atomic E-state index is 0.693. The third-order valence-corrected chi connectivity index (χ3v) is 2.54. The van der Waals surface area contributed by atoms with Gasteiger partial charge >= 0.3 is 0 Å². The van der Waals surface area contributed by atoms with E-state index in [1.54, 1.807) is 7.11 Å². The van der Waals surface area contributed by atoms with Crippen molar-refractivity contribution in [3.8, 4) is 5.75 Å². The Kier molecular flexibility index (Phi) is 2.38. The fraction of sp³-hybridized carbons (Fsp3) is 0.273. The molecular formula is C11H12ClNO. The van der Waals surface area contributed by atoms with Crippen molar-refractivity contribution in [2.75, 3.05) is 7.11 Å². The summed E-state index contributed by atoms with van der Waals surface area (Å²) < 4.78 is 5.26. The average molecular weight is 210 g/mol.